The van der Waals surface area contributed by atoms with Crippen LogP contribution in [0.25, 0.3) is 10.4 Å². The van der Waals surface area contributed by atoms with Crippen LogP contribution >= 0.6 is 11.3 Å². The molecule has 5 atom stereocenters. The minimum Gasteiger partial charge on any atom is -0.394 e. The largest absolute Gasteiger partial charge is 0.394 e. The number of thiophene rings is 1. The first kappa shape index (κ1) is 22.1. The lowest BCUT2D eigenvalue weighted by atomic mass is 9.89. The SMILES string of the molecule is Cc1ccc([C@@H]2O[C@H](CO)[C@@H](O)[C@H](O)C2O)cc1Cc1ccc(-c2ccc(F)cc2)s1. The molecule has 3 aromatic rings. The van der Waals surface area contributed by atoms with Crippen molar-refractivity contribution < 1.29 is 29.6 Å². The highest BCUT2D eigenvalue weighted by molar-refractivity contribution is 7.15. The van der Waals surface area contributed by atoms with Crippen LogP contribution in [0.3, 0.4) is 0 Å². The summed E-state index contributed by atoms with van der Waals surface area (Å²) >= 11 is 1.63. The van der Waals surface area contributed by atoms with Crippen LogP contribution in [0.5, 0.6) is 0 Å². The minimum atomic E-state index is -1.41. The van der Waals surface area contributed by atoms with E-state index < -0.39 is 37.1 Å². The molecule has 31 heavy (non-hydrogen) atoms. The monoisotopic (exact) mass is 444 g/mol. The van der Waals surface area contributed by atoms with Gasteiger partial charge in [0.05, 0.1) is 6.61 Å². The quantitative estimate of drug-likeness (QED) is 0.486. The van der Waals surface area contributed by atoms with Gasteiger partial charge in [0.2, 0.25) is 0 Å². The minimum absolute atomic E-state index is 0.263. The van der Waals surface area contributed by atoms with Crippen molar-refractivity contribution in [2.24, 2.45) is 0 Å². The standard InChI is InChI=1S/C24H25FO5S/c1-13-2-3-15(24-23(29)22(28)21(27)19(12-26)30-24)10-16(13)11-18-8-9-20(31-18)14-4-6-17(25)7-5-14/h2-10,19,21-24,26-29H,11-12H2,1H3/t19-,21-,22+,23?,24+/m1/s1. The molecule has 7 heteroatoms. The van der Waals surface area contributed by atoms with Gasteiger partial charge in [-0.25, -0.2) is 4.39 Å². The van der Waals surface area contributed by atoms with E-state index in [1.807, 2.05) is 37.3 Å². The van der Waals surface area contributed by atoms with Crippen LogP contribution in [0.4, 0.5) is 4.39 Å². The fraction of sp³-hybridized carbons (Fsp3) is 0.333. The maximum atomic E-state index is 13.2. The summed E-state index contributed by atoms with van der Waals surface area (Å²) in [4.78, 5) is 2.19. The summed E-state index contributed by atoms with van der Waals surface area (Å²) in [7, 11) is 0. The van der Waals surface area contributed by atoms with Crippen molar-refractivity contribution in [3.8, 4) is 10.4 Å². The molecule has 1 aliphatic heterocycles. The third-order valence-electron chi connectivity index (χ3n) is 5.75. The Balaban J connectivity index is 1.57. The molecule has 2 aromatic carbocycles. The summed E-state index contributed by atoms with van der Waals surface area (Å²) in [5, 5.41) is 40.0. The molecule has 0 aliphatic carbocycles. The van der Waals surface area contributed by atoms with Crippen LogP contribution in [0.15, 0.2) is 54.6 Å². The van der Waals surface area contributed by atoms with Crippen LogP contribution in [-0.2, 0) is 11.2 Å². The maximum Gasteiger partial charge on any atom is 0.123 e. The normalized spacial score (nSPS) is 26.2. The lowest BCUT2D eigenvalue weighted by Gasteiger charge is -2.40. The zero-order chi connectivity index (χ0) is 22.1. The molecule has 1 unspecified atom stereocenters. The van der Waals surface area contributed by atoms with E-state index in [-0.39, 0.29) is 5.82 Å². The Morgan fingerprint density at radius 3 is 2.39 bits per heavy atom. The number of aryl methyl sites for hydroxylation is 1. The average molecular weight is 445 g/mol. The molecule has 4 N–H and O–H groups in total. The van der Waals surface area contributed by atoms with Gasteiger partial charge in [-0.3, -0.25) is 0 Å². The van der Waals surface area contributed by atoms with Gasteiger partial charge >= 0.3 is 0 Å². The number of aliphatic hydroxyl groups is 4. The van der Waals surface area contributed by atoms with Gasteiger partial charge in [-0.1, -0.05) is 30.3 Å². The topological polar surface area (TPSA) is 90.2 Å². The van der Waals surface area contributed by atoms with Gasteiger partial charge in [-0.05, 0) is 53.4 Å². The number of rotatable bonds is 5. The third-order valence-corrected chi connectivity index (χ3v) is 6.88. The van der Waals surface area contributed by atoms with Crippen molar-refractivity contribution >= 4 is 11.3 Å². The van der Waals surface area contributed by atoms with Crippen molar-refractivity contribution in [2.75, 3.05) is 6.61 Å². The molecule has 2 heterocycles. The van der Waals surface area contributed by atoms with E-state index >= 15 is 0 Å². The van der Waals surface area contributed by atoms with E-state index in [2.05, 4.69) is 0 Å². The van der Waals surface area contributed by atoms with Crippen LogP contribution in [0.2, 0.25) is 0 Å². The van der Waals surface area contributed by atoms with E-state index in [9.17, 15) is 24.8 Å². The Labute approximate surface area is 184 Å². The molecule has 0 bridgehead atoms. The van der Waals surface area contributed by atoms with Crippen LogP contribution in [0, 0.1) is 12.7 Å². The van der Waals surface area contributed by atoms with Crippen molar-refractivity contribution in [3.63, 3.8) is 0 Å². The van der Waals surface area contributed by atoms with Gasteiger partial charge in [0.25, 0.3) is 0 Å². The van der Waals surface area contributed by atoms with E-state index in [1.165, 1.54) is 12.1 Å². The fourth-order valence-electron chi connectivity index (χ4n) is 3.87. The zero-order valence-electron chi connectivity index (χ0n) is 17.0. The first-order chi connectivity index (χ1) is 14.9. The molecule has 5 nitrogen and oxygen atoms in total. The smallest absolute Gasteiger partial charge is 0.123 e. The molecule has 1 aromatic heterocycles. The highest BCUT2D eigenvalue weighted by Gasteiger charge is 2.43. The number of ether oxygens (including phenoxy) is 1. The van der Waals surface area contributed by atoms with Gasteiger partial charge in [0, 0.05) is 16.2 Å². The second-order valence-corrected chi connectivity index (χ2v) is 9.05. The first-order valence-corrected chi connectivity index (χ1v) is 10.9. The second-order valence-electron chi connectivity index (χ2n) is 7.89. The van der Waals surface area contributed by atoms with Crippen molar-refractivity contribution in [2.45, 2.75) is 43.9 Å². The van der Waals surface area contributed by atoms with Crippen molar-refractivity contribution in [1.82, 2.24) is 0 Å². The van der Waals surface area contributed by atoms with Gasteiger partial charge in [0.15, 0.2) is 0 Å². The average Bonchev–Trinajstić information content (AvgIpc) is 3.23. The number of aliphatic hydroxyl groups excluding tert-OH is 4. The predicted molar refractivity (Wildman–Crippen MR) is 116 cm³/mol. The molecule has 0 amide bonds. The van der Waals surface area contributed by atoms with E-state index in [4.69, 9.17) is 4.74 Å². The fourth-order valence-corrected chi connectivity index (χ4v) is 4.90. The lowest BCUT2D eigenvalue weighted by molar-refractivity contribution is -0.231. The van der Waals surface area contributed by atoms with Gasteiger partial charge < -0.3 is 25.2 Å². The molecule has 4 rings (SSSR count). The van der Waals surface area contributed by atoms with Crippen molar-refractivity contribution in [3.05, 3.63) is 82.0 Å². The van der Waals surface area contributed by atoms with Gasteiger partial charge in [-0.2, -0.15) is 0 Å². The molecule has 0 radical (unpaired) electrons. The number of hydrogen-bond acceptors (Lipinski definition) is 6. The van der Waals surface area contributed by atoms with Crippen LogP contribution in [-0.4, -0.2) is 51.4 Å². The predicted octanol–water partition coefficient (Wildman–Crippen LogP) is 2.97. The van der Waals surface area contributed by atoms with Gasteiger partial charge in [0.1, 0.15) is 36.3 Å². The molecule has 1 aliphatic rings. The summed E-state index contributed by atoms with van der Waals surface area (Å²) in [6, 6.07) is 16.2. The Bertz CT molecular complexity index is 1030. The van der Waals surface area contributed by atoms with Crippen molar-refractivity contribution in [1.29, 1.82) is 0 Å². The van der Waals surface area contributed by atoms with Crippen LogP contribution < -0.4 is 0 Å². The van der Waals surface area contributed by atoms with E-state index in [0.717, 1.165) is 26.4 Å². The Hall–Kier alpha value is -2.13. The summed E-state index contributed by atoms with van der Waals surface area (Å²) < 4.78 is 18.9. The second kappa shape index (κ2) is 9.16. The molecule has 0 spiro atoms. The highest BCUT2D eigenvalue weighted by atomic mass is 32.1. The van der Waals surface area contributed by atoms with Crippen LogP contribution in [0.1, 0.15) is 27.7 Å². The molecular weight excluding hydrogens is 419 g/mol. The summed E-state index contributed by atoms with van der Waals surface area (Å²) in [6.07, 6.45) is -5.21. The zero-order valence-corrected chi connectivity index (χ0v) is 17.8. The number of benzene rings is 2. The third kappa shape index (κ3) is 4.57. The molecule has 1 fully saturated rings. The highest BCUT2D eigenvalue weighted by Crippen LogP contribution is 2.35. The number of hydrogen-bond donors (Lipinski definition) is 4. The molecular formula is C24H25FO5S. The molecule has 0 saturated carbocycles. The Kier molecular flexibility index (Phi) is 6.52. The summed E-state index contributed by atoms with van der Waals surface area (Å²) in [6.45, 7) is 1.54. The van der Waals surface area contributed by atoms with Gasteiger partial charge in [-0.15, -0.1) is 11.3 Å². The lowest BCUT2D eigenvalue weighted by Crippen LogP contribution is -2.55. The van der Waals surface area contributed by atoms with E-state index in [1.54, 1.807) is 23.5 Å². The molecule has 1 saturated heterocycles. The summed E-state index contributed by atoms with van der Waals surface area (Å²) in [5.74, 6) is -0.263. The molecule has 164 valence electrons. The Morgan fingerprint density at radius 1 is 0.935 bits per heavy atom. The van der Waals surface area contributed by atoms with E-state index in [0.29, 0.717) is 12.0 Å². The summed E-state index contributed by atoms with van der Waals surface area (Å²) in [5.41, 5.74) is 3.75. The Morgan fingerprint density at radius 2 is 1.68 bits per heavy atom. The number of halogens is 1. The maximum absolute atomic E-state index is 13.2. The first-order valence-electron chi connectivity index (χ1n) is 10.1.